The zero-order valence-electron chi connectivity index (χ0n) is 8.44. The second-order valence-electron chi connectivity index (χ2n) is 3.27. The van der Waals surface area contributed by atoms with Crippen LogP contribution in [0.3, 0.4) is 0 Å². The van der Waals surface area contributed by atoms with Crippen LogP contribution in [-0.2, 0) is 0 Å². The molecule has 0 fully saturated rings. The molecule has 2 aromatic rings. The molecule has 6 heteroatoms. The molecule has 1 atom stereocenters. The van der Waals surface area contributed by atoms with Crippen LogP contribution in [0.2, 0.25) is 0 Å². The first-order valence-corrected chi connectivity index (χ1v) is 4.87. The highest BCUT2D eigenvalue weighted by Gasteiger charge is 2.06. The van der Waals surface area contributed by atoms with Crippen molar-refractivity contribution >= 4 is 17.0 Å². The number of fused-ring (bicyclic) bond motifs is 1. The van der Waals surface area contributed by atoms with E-state index >= 15 is 0 Å². The zero-order valence-corrected chi connectivity index (χ0v) is 8.44. The molecule has 0 saturated heterocycles. The maximum atomic E-state index is 9.41. The van der Waals surface area contributed by atoms with Gasteiger partial charge < -0.3 is 15.4 Å². The number of aliphatic hydroxyl groups is 1. The summed E-state index contributed by atoms with van der Waals surface area (Å²) in [5.74, 6) is 0.671. The molecule has 0 aliphatic rings. The quantitative estimate of drug-likeness (QED) is 0.681. The lowest BCUT2D eigenvalue weighted by Gasteiger charge is -2.09. The third kappa shape index (κ3) is 2.04. The predicted octanol–water partition coefficient (Wildman–Crippen LogP) is 0.536. The predicted molar refractivity (Wildman–Crippen MR) is 56.5 cm³/mol. The van der Waals surface area contributed by atoms with E-state index in [2.05, 4.69) is 25.3 Å². The molecule has 15 heavy (non-hydrogen) atoms. The van der Waals surface area contributed by atoms with E-state index in [1.807, 2.05) is 6.92 Å². The summed E-state index contributed by atoms with van der Waals surface area (Å²) in [5.41, 5.74) is 1.39. The first-order valence-electron chi connectivity index (χ1n) is 4.87. The van der Waals surface area contributed by atoms with Crippen LogP contribution in [0.15, 0.2) is 12.7 Å². The van der Waals surface area contributed by atoms with Crippen molar-refractivity contribution < 1.29 is 5.11 Å². The van der Waals surface area contributed by atoms with Gasteiger partial charge in [0.15, 0.2) is 11.5 Å². The third-order valence-electron chi connectivity index (χ3n) is 2.20. The number of aliphatic hydroxyl groups excluding tert-OH is 1. The third-order valence-corrected chi connectivity index (χ3v) is 2.20. The van der Waals surface area contributed by atoms with Gasteiger partial charge in [0.1, 0.15) is 11.8 Å². The van der Waals surface area contributed by atoms with Crippen LogP contribution in [0.4, 0.5) is 5.82 Å². The minimum Gasteiger partial charge on any atom is -0.391 e. The van der Waals surface area contributed by atoms with E-state index in [0.29, 0.717) is 24.4 Å². The lowest BCUT2D eigenvalue weighted by molar-refractivity contribution is 0.183. The Hall–Kier alpha value is -1.69. The maximum absolute atomic E-state index is 9.41. The zero-order chi connectivity index (χ0) is 10.7. The molecule has 2 rings (SSSR count). The van der Waals surface area contributed by atoms with Crippen LogP contribution in [0, 0.1) is 0 Å². The van der Waals surface area contributed by atoms with Crippen molar-refractivity contribution in [1.82, 2.24) is 19.9 Å². The molecule has 0 spiro atoms. The Labute approximate surface area is 86.8 Å². The molecule has 6 nitrogen and oxygen atoms in total. The summed E-state index contributed by atoms with van der Waals surface area (Å²) in [6.45, 7) is 2.40. The number of hydrogen-bond acceptors (Lipinski definition) is 5. The van der Waals surface area contributed by atoms with Crippen molar-refractivity contribution in [2.24, 2.45) is 0 Å². The Kier molecular flexibility index (Phi) is 2.77. The minimum absolute atomic E-state index is 0.363. The van der Waals surface area contributed by atoms with Gasteiger partial charge in [-0.05, 0) is 6.42 Å². The summed E-state index contributed by atoms with van der Waals surface area (Å²) in [6.07, 6.45) is 3.37. The molecular formula is C9H13N5O. The number of anilines is 1. The van der Waals surface area contributed by atoms with Crippen LogP contribution in [-0.4, -0.2) is 37.7 Å². The summed E-state index contributed by atoms with van der Waals surface area (Å²) in [5, 5.41) is 12.5. The number of aromatic nitrogens is 4. The van der Waals surface area contributed by atoms with Gasteiger partial charge in [-0.3, -0.25) is 0 Å². The molecule has 0 amide bonds. The highest BCUT2D eigenvalue weighted by atomic mass is 16.3. The van der Waals surface area contributed by atoms with Crippen LogP contribution in [0.25, 0.3) is 11.2 Å². The first kappa shape index (κ1) is 9.85. The number of nitrogens with one attached hydrogen (secondary N) is 2. The molecule has 0 aliphatic heterocycles. The average molecular weight is 207 g/mol. The summed E-state index contributed by atoms with van der Waals surface area (Å²) in [7, 11) is 0. The highest BCUT2D eigenvalue weighted by Crippen LogP contribution is 2.14. The number of aromatic amines is 1. The van der Waals surface area contributed by atoms with Gasteiger partial charge in [-0.1, -0.05) is 6.92 Å². The van der Waals surface area contributed by atoms with Gasteiger partial charge in [-0.2, -0.15) is 0 Å². The van der Waals surface area contributed by atoms with E-state index in [0.717, 1.165) is 5.52 Å². The van der Waals surface area contributed by atoms with Gasteiger partial charge in [0.25, 0.3) is 0 Å². The number of nitrogens with zero attached hydrogens (tertiary/aromatic N) is 3. The number of hydrogen-bond donors (Lipinski definition) is 3. The maximum Gasteiger partial charge on any atom is 0.182 e. The van der Waals surface area contributed by atoms with E-state index in [4.69, 9.17) is 0 Å². The molecule has 0 saturated carbocycles. The Morgan fingerprint density at radius 1 is 1.47 bits per heavy atom. The topological polar surface area (TPSA) is 86.7 Å². The number of H-pyrrole nitrogens is 1. The molecule has 0 radical (unpaired) electrons. The van der Waals surface area contributed by atoms with Crippen LogP contribution in [0.1, 0.15) is 13.3 Å². The van der Waals surface area contributed by atoms with Gasteiger partial charge in [0.05, 0.1) is 12.4 Å². The van der Waals surface area contributed by atoms with E-state index < -0.39 is 0 Å². The summed E-state index contributed by atoms with van der Waals surface area (Å²) in [6, 6.07) is 0. The Morgan fingerprint density at radius 3 is 3.13 bits per heavy atom. The van der Waals surface area contributed by atoms with Crippen molar-refractivity contribution in [2.75, 3.05) is 11.9 Å². The van der Waals surface area contributed by atoms with Gasteiger partial charge in [0, 0.05) is 6.54 Å². The summed E-state index contributed by atoms with van der Waals surface area (Å²) in [4.78, 5) is 15.0. The molecule has 1 unspecified atom stereocenters. The van der Waals surface area contributed by atoms with Crippen molar-refractivity contribution in [3.05, 3.63) is 12.7 Å². The fraction of sp³-hybridized carbons (Fsp3) is 0.444. The SMILES string of the molecule is CCC(O)CNc1ncnc2nc[nH]c12. The highest BCUT2D eigenvalue weighted by molar-refractivity contribution is 5.81. The molecule has 0 aliphatic carbocycles. The van der Waals surface area contributed by atoms with Crippen molar-refractivity contribution in [3.8, 4) is 0 Å². The largest absolute Gasteiger partial charge is 0.391 e. The standard InChI is InChI=1S/C9H13N5O/c1-2-6(15)3-10-8-7-9(12-4-11-7)14-5-13-8/h4-6,15H,2-3H2,1H3,(H2,10,11,12,13,14). The lowest BCUT2D eigenvalue weighted by atomic mass is 10.3. The Morgan fingerprint density at radius 2 is 2.33 bits per heavy atom. The fourth-order valence-corrected chi connectivity index (χ4v) is 1.26. The molecule has 2 aromatic heterocycles. The van der Waals surface area contributed by atoms with Gasteiger partial charge in [-0.25, -0.2) is 15.0 Å². The average Bonchev–Trinajstić information content (AvgIpc) is 2.74. The second-order valence-corrected chi connectivity index (χ2v) is 3.27. The van der Waals surface area contributed by atoms with Gasteiger partial charge in [-0.15, -0.1) is 0 Å². The van der Waals surface area contributed by atoms with Crippen molar-refractivity contribution in [1.29, 1.82) is 0 Å². The van der Waals surface area contributed by atoms with E-state index in [1.165, 1.54) is 6.33 Å². The monoisotopic (exact) mass is 207 g/mol. The minimum atomic E-state index is -0.363. The van der Waals surface area contributed by atoms with Crippen molar-refractivity contribution in [3.63, 3.8) is 0 Å². The molecule has 0 aromatic carbocycles. The molecular weight excluding hydrogens is 194 g/mol. The summed E-state index contributed by atoms with van der Waals surface area (Å²) >= 11 is 0. The van der Waals surface area contributed by atoms with Crippen LogP contribution < -0.4 is 5.32 Å². The van der Waals surface area contributed by atoms with Crippen LogP contribution in [0.5, 0.6) is 0 Å². The van der Waals surface area contributed by atoms with Crippen molar-refractivity contribution in [2.45, 2.75) is 19.4 Å². The van der Waals surface area contributed by atoms with Gasteiger partial charge >= 0.3 is 0 Å². The normalized spacial score (nSPS) is 12.9. The molecule has 80 valence electrons. The first-order chi connectivity index (χ1) is 7.31. The van der Waals surface area contributed by atoms with Gasteiger partial charge in [0.2, 0.25) is 0 Å². The van der Waals surface area contributed by atoms with E-state index in [9.17, 15) is 5.11 Å². The molecule has 3 N–H and O–H groups in total. The molecule has 0 bridgehead atoms. The fourth-order valence-electron chi connectivity index (χ4n) is 1.26. The Balaban J connectivity index is 2.17. The lowest BCUT2D eigenvalue weighted by Crippen LogP contribution is -2.18. The second kappa shape index (κ2) is 4.22. The van der Waals surface area contributed by atoms with Crippen LogP contribution >= 0.6 is 0 Å². The Bertz CT molecular complexity index is 441. The smallest absolute Gasteiger partial charge is 0.182 e. The summed E-state index contributed by atoms with van der Waals surface area (Å²) < 4.78 is 0. The molecule has 2 heterocycles. The number of imidazole rings is 1. The number of rotatable bonds is 4. The van der Waals surface area contributed by atoms with E-state index in [1.54, 1.807) is 6.33 Å². The van der Waals surface area contributed by atoms with E-state index in [-0.39, 0.29) is 6.10 Å².